The van der Waals surface area contributed by atoms with Crippen molar-refractivity contribution in [3.63, 3.8) is 0 Å². The lowest BCUT2D eigenvalue weighted by Gasteiger charge is -2.40. The largest absolute Gasteiger partial charge is 0.497 e. The number of piperidine rings is 1. The number of rotatable bonds is 8. The van der Waals surface area contributed by atoms with E-state index in [9.17, 15) is 0 Å². The van der Waals surface area contributed by atoms with Crippen LogP contribution in [0.15, 0.2) is 33.8 Å². The molecule has 0 bridgehead atoms. The van der Waals surface area contributed by atoms with Crippen LogP contribution in [-0.4, -0.2) is 50.3 Å². The van der Waals surface area contributed by atoms with Gasteiger partial charge in [0, 0.05) is 38.2 Å². The van der Waals surface area contributed by atoms with E-state index in [1.165, 1.54) is 18.4 Å². The van der Waals surface area contributed by atoms with Gasteiger partial charge in [-0.25, -0.2) is 0 Å². The highest BCUT2D eigenvalue weighted by Crippen LogP contribution is 2.35. The summed E-state index contributed by atoms with van der Waals surface area (Å²) in [6, 6.07) is 8.87. The molecule has 7 nitrogen and oxygen atoms in total. The Hall–Kier alpha value is -2.54. The second-order valence-electron chi connectivity index (χ2n) is 8.15. The Morgan fingerprint density at radius 3 is 2.65 bits per heavy atom. The lowest BCUT2D eigenvalue weighted by atomic mass is 9.85. The molecule has 1 aliphatic heterocycles. The number of aliphatic imine (C=N–C) groups is 1. The van der Waals surface area contributed by atoms with Gasteiger partial charge >= 0.3 is 0 Å². The van der Waals surface area contributed by atoms with Crippen LogP contribution in [0.4, 0.5) is 0 Å². The molecule has 0 amide bonds. The standard InChI is InChI=1S/C24H37N5O2/c1-6-21-20(22(7-2)31-28-21)16-27-24(25-3)26-15-18-9-8-14-29(4)23(18)17-10-12-19(30-5)13-11-17/h10-13,18,23H,6-9,14-16H2,1-5H3,(H2,25,26,27). The van der Waals surface area contributed by atoms with Gasteiger partial charge in [0.1, 0.15) is 11.5 Å². The lowest BCUT2D eigenvalue weighted by Crippen LogP contribution is -2.45. The van der Waals surface area contributed by atoms with Crippen molar-refractivity contribution < 1.29 is 9.26 Å². The summed E-state index contributed by atoms with van der Waals surface area (Å²) in [5, 5.41) is 11.2. The van der Waals surface area contributed by atoms with Gasteiger partial charge < -0.3 is 19.9 Å². The van der Waals surface area contributed by atoms with E-state index in [0.29, 0.717) is 18.5 Å². The van der Waals surface area contributed by atoms with Crippen LogP contribution in [0.1, 0.15) is 55.3 Å². The molecule has 2 aromatic rings. The van der Waals surface area contributed by atoms with Crippen LogP contribution in [0.25, 0.3) is 0 Å². The quantitative estimate of drug-likeness (QED) is 0.496. The SMILES string of the molecule is CCc1noc(CC)c1CNC(=NC)NCC1CCCN(C)C1c1ccc(OC)cc1. The highest BCUT2D eigenvalue weighted by Gasteiger charge is 2.30. The van der Waals surface area contributed by atoms with E-state index in [0.717, 1.165) is 54.7 Å². The van der Waals surface area contributed by atoms with E-state index < -0.39 is 0 Å². The molecule has 1 saturated heterocycles. The first-order valence-corrected chi connectivity index (χ1v) is 11.4. The molecule has 0 spiro atoms. The molecule has 1 aromatic heterocycles. The fraction of sp³-hybridized carbons (Fsp3) is 0.583. The van der Waals surface area contributed by atoms with Crippen molar-refractivity contribution >= 4 is 5.96 Å². The van der Waals surface area contributed by atoms with Gasteiger partial charge in [-0.2, -0.15) is 0 Å². The molecular formula is C24H37N5O2. The molecule has 3 rings (SSSR count). The van der Waals surface area contributed by atoms with Crippen molar-refractivity contribution in [3.05, 3.63) is 46.8 Å². The van der Waals surface area contributed by atoms with Crippen LogP contribution in [0.5, 0.6) is 5.75 Å². The molecule has 2 unspecified atom stereocenters. The third kappa shape index (κ3) is 5.58. The number of nitrogens with one attached hydrogen (secondary N) is 2. The molecule has 1 aliphatic rings. The molecule has 2 N–H and O–H groups in total. The van der Waals surface area contributed by atoms with Gasteiger partial charge in [-0.05, 0) is 56.5 Å². The predicted octanol–water partition coefficient (Wildman–Crippen LogP) is 3.56. The van der Waals surface area contributed by atoms with Crippen molar-refractivity contribution in [2.24, 2.45) is 10.9 Å². The Labute approximate surface area is 186 Å². The maximum absolute atomic E-state index is 5.48. The summed E-state index contributed by atoms with van der Waals surface area (Å²) in [5.41, 5.74) is 3.51. The average Bonchev–Trinajstić information content (AvgIpc) is 3.21. The van der Waals surface area contributed by atoms with E-state index in [-0.39, 0.29) is 0 Å². The monoisotopic (exact) mass is 427 g/mol. The fourth-order valence-electron chi connectivity index (χ4n) is 4.56. The second-order valence-corrected chi connectivity index (χ2v) is 8.15. The second kappa shape index (κ2) is 11.2. The summed E-state index contributed by atoms with van der Waals surface area (Å²) in [4.78, 5) is 6.90. The zero-order valence-corrected chi connectivity index (χ0v) is 19.6. The van der Waals surface area contributed by atoms with E-state index in [1.54, 1.807) is 7.11 Å². The number of likely N-dealkylation sites (tertiary alicyclic amines) is 1. The van der Waals surface area contributed by atoms with Crippen molar-refractivity contribution in [2.45, 2.75) is 52.1 Å². The maximum Gasteiger partial charge on any atom is 0.191 e. The van der Waals surface area contributed by atoms with E-state index in [4.69, 9.17) is 9.26 Å². The Morgan fingerprint density at radius 2 is 2.00 bits per heavy atom. The zero-order chi connectivity index (χ0) is 22.2. The molecule has 2 heterocycles. The maximum atomic E-state index is 5.48. The van der Waals surface area contributed by atoms with Gasteiger partial charge in [0.05, 0.1) is 12.8 Å². The number of aromatic nitrogens is 1. The number of hydrogen-bond donors (Lipinski definition) is 2. The number of benzene rings is 1. The molecule has 2 atom stereocenters. The van der Waals surface area contributed by atoms with Crippen LogP contribution in [0.2, 0.25) is 0 Å². The van der Waals surface area contributed by atoms with E-state index in [1.807, 2.05) is 7.05 Å². The summed E-state index contributed by atoms with van der Waals surface area (Å²) in [5.74, 6) is 3.16. The molecule has 0 radical (unpaired) electrons. The predicted molar refractivity (Wildman–Crippen MR) is 125 cm³/mol. The minimum Gasteiger partial charge on any atom is -0.497 e. The first-order chi connectivity index (χ1) is 15.1. The molecule has 1 aromatic carbocycles. The normalized spacial score (nSPS) is 20.0. The van der Waals surface area contributed by atoms with Crippen molar-refractivity contribution in [3.8, 4) is 5.75 Å². The highest BCUT2D eigenvalue weighted by molar-refractivity contribution is 5.79. The van der Waals surface area contributed by atoms with Crippen LogP contribution >= 0.6 is 0 Å². The van der Waals surface area contributed by atoms with Gasteiger partial charge in [-0.1, -0.05) is 31.1 Å². The van der Waals surface area contributed by atoms with Gasteiger partial charge in [0.2, 0.25) is 0 Å². The Morgan fingerprint density at radius 1 is 1.23 bits per heavy atom. The van der Waals surface area contributed by atoms with Crippen LogP contribution < -0.4 is 15.4 Å². The number of hydrogen-bond acceptors (Lipinski definition) is 5. The van der Waals surface area contributed by atoms with Crippen molar-refractivity contribution in [1.29, 1.82) is 0 Å². The Bertz CT molecular complexity index is 825. The Kier molecular flexibility index (Phi) is 8.35. The summed E-state index contributed by atoms with van der Waals surface area (Å²) >= 11 is 0. The third-order valence-electron chi connectivity index (χ3n) is 6.26. The van der Waals surface area contributed by atoms with Gasteiger partial charge in [0.15, 0.2) is 5.96 Å². The smallest absolute Gasteiger partial charge is 0.191 e. The summed E-state index contributed by atoms with van der Waals surface area (Å²) in [6.07, 6.45) is 4.11. The minimum absolute atomic E-state index is 0.377. The average molecular weight is 428 g/mol. The fourth-order valence-corrected chi connectivity index (χ4v) is 4.56. The minimum atomic E-state index is 0.377. The summed E-state index contributed by atoms with van der Waals surface area (Å²) in [6.45, 7) is 6.85. The number of ether oxygens (including phenoxy) is 1. The van der Waals surface area contributed by atoms with Gasteiger partial charge in [-0.15, -0.1) is 0 Å². The molecule has 0 aliphatic carbocycles. The molecule has 1 fully saturated rings. The lowest BCUT2D eigenvalue weighted by molar-refractivity contribution is 0.122. The zero-order valence-electron chi connectivity index (χ0n) is 19.6. The van der Waals surface area contributed by atoms with E-state index >= 15 is 0 Å². The first kappa shape index (κ1) is 23.1. The van der Waals surface area contributed by atoms with Gasteiger partial charge in [0.25, 0.3) is 0 Å². The molecule has 31 heavy (non-hydrogen) atoms. The number of guanidine groups is 1. The molecule has 7 heteroatoms. The van der Waals surface area contributed by atoms with Crippen molar-refractivity contribution in [2.75, 3.05) is 34.3 Å². The van der Waals surface area contributed by atoms with Crippen LogP contribution in [0, 0.1) is 5.92 Å². The van der Waals surface area contributed by atoms with E-state index in [2.05, 4.69) is 70.8 Å². The molecule has 170 valence electrons. The number of nitrogens with zero attached hydrogens (tertiary/aromatic N) is 3. The Balaban J connectivity index is 1.63. The van der Waals surface area contributed by atoms with Gasteiger partial charge in [-0.3, -0.25) is 9.89 Å². The van der Waals surface area contributed by atoms with Crippen molar-refractivity contribution in [1.82, 2.24) is 20.7 Å². The number of aryl methyl sites for hydroxylation is 2. The summed E-state index contributed by atoms with van der Waals surface area (Å²) in [7, 11) is 5.75. The summed E-state index contributed by atoms with van der Waals surface area (Å²) < 4.78 is 10.8. The molecule has 0 saturated carbocycles. The first-order valence-electron chi connectivity index (χ1n) is 11.4. The highest BCUT2D eigenvalue weighted by atomic mass is 16.5. The van der Waals surface area contributed by atoms with Crippen LogP contribution in [0.3, 0.4) is 0 Å². The topological polar surface area (TPSA) is 74.9 Å². The molecular weight excluding hydrogens is 390 g/mol. The third-order valence-corrected chi connectivity index (χ3v) is 6.26. The number of methoxy groups -OCH3 is 1. The van der Waals surface area contributed by atoms with Crippen LogP contribution in [-0.2, 0) is 19.4 Å².